The molecule has 0 atom stereocenters. The first-order chi connectivity index (χ1) is 15.5. The molecule has 3 aromatic carbocycles. The van der Waals surface area contributed by atoms with Gasteiger partial charge in [0.05, 0.1) is 0 Å². The van der Waals surface area contributed by atoms with Gasteiger partial charge in [-0.15, -0.1) is 0 Å². The van der Waals surface area contributed by atoms with Crippen molar-refractivity contribution in [2.75, 3.05) is 26.2 Å². The van der Waals surface area contributed by atoms with E-state index in [4.69, 9.17) is 11.6 Å². The summed E-state index contributed by atoms with van der Waals surface area (Å²) in [6.07, 6.45) is 0. The van der Waals surface area contributed by atoms with E-state index < -0.39 is 5.54 Å². The van der Waals surface area contributed by atoms with Crippen molar-refractivity contribution in [1.82, 2.24) is 9.80 Å². The van der Waals surface area contributed by atoms with E-state index in [1.165, 1.54) is 0 Å². The van der Waals surface area contributed by atoms with Gasteiger partial charge in [-0.05, 0) is 24.1 Å². The number of halogens is 1. The van der Waals surface area contributed by atoms with Gasteiger partial charge in [0.2, 0.25) is 0 Å². The van der Waals surface area contributed by atoms with Gasteiger partial charge in [-0.25, -0.2) is 0 Å². The normalized spacial score (nSPS) is 18.7. The van der Waals surface area contributed by atoms with Gasteiger partial charge in [-0.1, -0.05) is 83.9 Å². The molecule has 0 unspecified atom stereocenters. The number of rotatable bonds is 4. The summed E-state index contributed by atoms with van der Waals surface area (Å²) >= 11 is 6.36. The van der Waals surface area contributed by atoms with Crippen LogP contribution >= 0.6 is 11.6 Å². The number of hydrogen-bond acceptors (Lipinski definition) is 4. The third-order valence-corrected chi connectivity index (χ3v) is 7.08. The number of benzene rings is 3. The number of nitrogens with zero attached hydrogens (tertiary/aromatic N) is 2. The van der Waals surface area contributed by atoms with E-state index in [2.05, 4.69) is 9.80 Å². The number of Topliss-reactive ketones (excluding diaryl/α,β-unsaturated/α-hetero) is 2. The second kappa shape index (κ2) is 8.28. The summed E-state index contributed by atoms with van der Waals surface area (Å²) in [7, 11) is 0. The van der Waals surface area contributed by atoms with E-state index in [0.29, 0.717) is 24.2 Å². The number of fused-ring (bicyclic) bond motifs is 1. The van der Waals surface area contributed by atoms with E-state index >= 15 is 0 Å². The predicted molar refractivity (Wildman–Crippen MR) is 126 cm³/mol. The third kappa shape index (κ3) is 3.30. The molecule has 1 fully saturated rings. The molecular weight excluding hydrogens is 420 g/mol. The summed E-state index contributed by atoms with van der Waals surface area (Å²) in [5.41, 5.74) is 2.66. The monoisotopic (exact) mass is 444 g/mol. The van der Waals surface area contributed by atoms with Crippen LogP contribution in [0, 0.1) is 6.92 Å². The van der Waals surface area contributed by atoms with Crippen LogP contribution in [0.25, 0.3) is 0 Å². The van der Waals surface area contributed by atoms with Crippen LogP contribution in [-0.2, 0) is 12.1 Å². The van der Waals surface area contributed by atoms with Crippen LogP contribution in [0.4, 0.5) is 0 Å². The lowest BCUT2D eigenvalue weighted by molar-refractivity contribution is 0.0279. The minimum atomic E-state index is -1.29. The van der Waals surface area contributed by atoms with E-state index in [-0.39, 0.29) is 11.6 Å². The SMILES string of the molecule is Cc1cccc(C2(N3CCN(Cc4ccccc4Cl)CC3)C(=O)c3ccccc3C2=O)c1. The lowest BCUT2D eigenvalue weighted by Crippen LogP contribution is -2.60. The number of hydrogen-bond donors (Lipinski definition) is 0. The number of carbonyl (C=O) groups excluding carboxylic acids is 2. The van der Waals surface area contributed by atoms with Crippen LogP contribution in [0.1, 0.15) is 37.4 Å². The van der Waals surface area contributed by atoms with Crippen molar-refractivity contribution in [2.24, 2.45) is 0 Å². The van der Waals surface area contributed by atoms with Crippen LogP contribution in [0.5, 0.6) is 0 Å². The maximum atomic E-state index is 13.9. The third-order valence-electron chi connectivity index (χ3n) is 6.71. The van der Waals surface area contributed by atoms with Crippen LogP contribution < -0.4 is 0 Å². The molecule has 3 aromatic rings. The van der Waals surface area contributed by atoms with Crippen molar-refractivity contribution < 1.29 is 9.59 Å². The van der Waals surface area contributed by atoms with Crippen molar-refractivity contribution in [1.29, 1.82) is 0 Å². The fourth-order valence-corrected chi connectivity index (χ4v) is 5.28. The van der Waals surface area contributed by atoms with Crippen molar-refractivity contribution in [3.05, 3.63) is 106 Å². The Hall–Kier alpha value is -2.79. The summed E-state index contributed by atoms with van der Waals surface area (Å²) in [4.78, 5) is 32.2. The second-order valence-corrected chi connectivity index (χ2v) is 9.05. The van der Waals surface area contributed by atoms with Crippen LogP contribution in [0.15, 0.2) is 72.8 Å². The molecule has 0 spiro atoms. The lowest BCUT2D eigenvalue weighted by Gasteiger charge is -2.44. The Labute approximate surface area is 193 Å². The summed E-state index contributed by atoms with van der Waals surface area (Å²) in [6, 6.07) is 22.9. The van der Waals surface area contributed by atoms with Gasteiger partial charge < -0.3 is 0 Å². The number of ketones is 2. The topological polar surface area (TPSA) is 40.6 Å². The number of aryl methyl sites for hydroxylation is 1. The molecule has 0 radical (unpaired) electrons. The first kappa shape index (κ1) is 21.1. The number of carbonyl (C=O) groups is 2. The Morgan fingerprint density at radius 3 is 2.06 bits per heavy atom. The Morgan fingerprint density at radius 2 is 1.44 bits per heavy atom. The molecule has 1 aliphatic carbocycles. The summed E-state index contributed by atoms with van der Waals surface area (Å²) in [5, 5.41) is 0.766. The zero-order chi connectivity index (χ0) is 22.3. The molecule has 0 bridgehead atoms. The lowest BCUT2D eigenvalue weighted by atomic mass is 9.82. The molecule has 5 heteroatoms. The van der Waals surface area contributed by atoms with Gasteiger partial charge in [0.1, 0.15) is 0 Å². The molecule has 0 aromatic heterocycles. The highest BCUT2D eigenvalue weighted by Crippen LogP contribution is 2.43. The van der Waals surface area contributed by atoms with Crippen LogP contribution in [-0.4, -0.2) is 47.5 Å². The van der Waals surface area contributed by atoms with Crippen molar-refractivity contribution in [2.45, 2.75) is 19.0 Å². The fourth-order valence-electron chi connectivity index (χ4n) is 5.08. The molecule has 5 rings (SSSR count). The Bertz CT molecular complexity index is 1160. The Kier molecular flexibility index (Phi) is 5.46. The molecular formula is C27H25ClN2O2. The summed E-state index contributed by atoms with van der Waals surface area (Å²) < 4.78 is 0. The molecule has 162 valence electrons. The molecule has 2 aliphatic rings. The van der Waals surface area contributed by atoms with Crippen LogP contribution in [0.2, 0.25) is 5.02 Å². The van der Waals surface area contributed by atoms with Gasteiger partial charge >= 0.3 is 0 Å². The Balaban J connectivity index is 1.48. The first-order valence-electron chi connectivity index (χ1n) is 11.0. The van der Waals surface area contributed by atoms with Gasteiger partial charge in [0.25, 0.3) is 0 Å². The van der Waals surface area contributed by atoms with Gasteiger partial charge in [-0.3, -0.25) is 19.4 Å². The maximum absolute atomic E-state index is 13.9. The van der Waals surface area contributed by atoms with E-state index in [1.54, 1.807) is 12.1 Å². The van der Waals surface area contributed by atoms with Gasteiger partial charge in [0, 0.05) is 48.9 Å². The van der Waals surface area contributed by atoms with Crippen molar-refractivity contribution in [3.8, 4) is 0 Å². The van der Waals surface area contributed by atoms with Crippen LogP contribution in [0.3, 0.4) is 0 Å². The highest BCUT2D eigenvalue weighted by Gasteiger charge is 2.58. The zero-order valence-corrected chi connectivity index (χ0v) is 18.8. The average Bonchev–Trinajstić information content (AvgIpc) is 3.04. The summed E-state index contributed by atoms with van der Waals surface area (Å²) in [6.45, 7) is 5.53. The largest absolute Gasteiger partial charge is 0.296 e. The molecule has 1 heterocycles. The van der Waals surface area contributed by atoms with Gasteiger partial charge in [0.15, 0.2) is 17.1 Å². The predicted octanol–water partition coefficient (Wildman–Crippen LogP) is 4.74. The standard InChI is InChI=1S/C27H25ClN2O2/c1-19-7-6-9-21(17-19)27(25(31)22-10-3-4-11-23(22)26(27)32)30-15-13-29(14-16-30)18-20-8-2-5-12-24(20)28/h2-12,17H,13-16,18H2,1H3. The fraction of sp³-hybridized carbons (Fsp3) is 0.259. The van der Waals surface area contributed by atoms with Gasteiger partial charge in [-0.2, -0.15) is 0 Å². The summed E-state index contributed by atoms with van der Waals surface area (Å²) in [5.74, 6) is -0.216. The highest BCUT2D eigenvalue weighted by atomic mass is 35.5. The highest BCUT2D eigenvalue weighted by molar-refractivity contribution is 6.33. The van der Waals surface area contributed by atoms with E-state index in [0.717, 1.165) is 41.3 Å². The Morgan fingerprint density at radius 1 is 0.812 bits per heavy atom. The quantitative estimate of drug-likeness (QED) is 0.545. The average molecular weight is 445 g/mol. The molecule has 32 heavy (non-hydrogen) atoms. The first-order valence-corrected chi connectivity index (χ1v) is 11.4. The number of piperazine rings is 1. The minimum absolute atomic E-state index is 0.108. The van der Waals surface area contributed by atoms with Crippen molar-refractivity contribution in [3.63, 3.8) is 0 Å². The van der Waals surface area contributed by atoms with Crippen molar-refractivity contribution >= 4 is 23.2 Å². The molecule has 4 nitrogen and oxygen atoms in total. The van der Waals surface area contributed by atoms with E-state index in [1.807, 2.05) is 67.6 Å². The zero-order valence-electron chi connectivity index (χ0n) is 18.1. The minimum Gasteiger partial charge on any atom is -0.296 e. The smallest absolute Gasteiger partial charge is 0.196 e. The van der Waals surface area contributed by atoms with E-state index in [9.17, 15) is 9.59 Å². The maximum Gasteiger partial charge on any atom is 0.196 e. The molecule has 0 N–H and O–H groups in total. The molecule has 0 saturated carbocycles. The second-order valence-electron chi connectivity index (χ2n) is 8.64. The molecule has 0 amide bonds. The molecule has 1 saturated heterocycles. The molecule has 1 aliphatic heterocycles.